The zero-order valence-electron chi connectivity index (χ0n) is 12.1. The number of halogens is 3. The Morgan fingerprint density at radius 3 is 2.59 bits per heavy atom. The van der Waals surface area contributed by atoms with Crippen molar-refractivity contribution >= 4 is 6.09 Å². The maximum Gasteiger partial charge on any atom is 0.433 e. The zero-order chi connectivity index (χ0) is 16.3. The fourth-order valence-electron chi connectivity index (χ4n) is 2.43. The Morgan fingerprint density at radius 2 is 2.09 bits per heavy atom. The summed E-state index contributed by atoms with van der Waals surface area (Å²) in [6.07, 6.45) is -2.96. The molecule has 8 heteroatoms. The number of carbonyl (C=O) groups is 1. The lowest BCUT2D eigenvalue weighted by molar-refractivity contribution is -0.141. The number of likely N-dealkylation sites (tertiary alicyclic amines) is 1. The fourth-order valence-corrected chi connectivity index (χ4v) is 2.43. The van der Waals surface area contributed by atoms with Crippen molar-refractivity contribution in [2.24, 2.45) is 5.92 Å². The number of hydrogen-bond donors (Lipinski definition) is 1. The first-order valence-corrected chi connectivity index (χ1v) is 6.92. The molecule has 1 saturated heterocycles. The van der Waals surface area contributed by atoms with Crippen LogP contribution < -0.4 is 4.74 Å². The molecule has 1 N–H and O–H groups in total. The highest BCUT2D eigenvalue weighted by Crippen LogP contribution is 2.31. The van der Waals surface area contributed by atoms with Crippen LogP contribution in [0.2, 0.25) is 0 Å². The van der Waals surface area contributed by atoms with Crippen LogP contribution >= 0.6 is 0 Å². The second kappa shape index (κ2) is 6.41. The van der Waals surface area contributed by atoms with Crippen molar-refractivity contribution in [3.8, 4) is 5.75 Å². The number of aromatic nitrogens is 1. The highest BCUT2D eigenvalue weighted by molar-refractivity contribution is 5.64. The average Bonchev–Trinajstić information content (AvgIpc) is 2.44. The van der Waals surface area contributed by atoms with Gasteiger partial charge in [-0.2, -0.15) is 13.2 Å². The van der Waals surface area contributed by atoms with Crippen molar-refractivity contribution in [2.45, 2.75) is 25.9 Å². The van der Waals surface area contributed by atoms with Gasteiger partial charge in [-0.25, -0.2) is 9.78 Å². The van der Waals surface area contributed by atoms with Gasteiger partial charge in [-0.1, -0.05) is 0 Å². The van der Waals surface area contributed by atoms with Crippen LogP contribution in [0.3, 0.4) is 0 Å². The summed E-state index contributed by atoms with van der Waals surface area (Å²) in [5.41, 5.74) is -0.889. The molecule has 1 aliphatic rings. The standard InChI is InChI=1S/C14H17F3N2O3/c1-9-6-11(7-18-12(9)14(15,16)17)22-8-10-2-4-19(5-3-10)13(20)21/h6-7,10H,2-5,8H2,1H3,(H,20,21). The first-order chi connectivity index (χ1) is 10.3. The van der Waals surface area contributed by atoms with E-state index in [9.17, 15) is 18.0 Å². The number of nitrogens with zero attached hydrogens (tertiary/aromatic N) is 2. The van der Waals surface area contributed by atoms with Crippen LogP contribution in [0, 0.1) is 12.8 Å². The van der Waals surface area contributed by atoms with Crippen molar-refractivity contribution in [3.05, 3.63) is 23.5 Å². The molecule has 0 atom stereocenters. The molecule has 1 aromatic rings. The van der Waals surface area contributed by atoms with Crippen LogP contribution in [-0.2, 0) is 6.18 Å². The Kier molecular flexibility index (Phi) is 4.77. The Morgan fingerprint density at radius 1 is 1.45 bits per heavy atom. The lowest BCUT2D eigenvalue weighted by Crippen LogP contribution is -2.38. The van der Waals surface area contributed by atoms with Crippen molar-refractivity contribution in [1.29, 1.82) is 0 Å². The van der Waals surface area contributed by atoms with Gasteiger partial charge in [0.25, 0.3) is 0 Å². The van der Waals surface area contributed by atoms with Gasteiger partial charge < -0.3 is 14.7 Å². The molecule has 1 amide bonds. The molecule has 5 nitrogen and oxygen atoms in total. The Hall–Kier alpha value is -1.99. The summed E-state index contributed by atoms with van der Waals surface area (Å²) in [7, 11) is 0. The quantitative estimate of drug-likeness (QED) is 0.930. The minimum Gasteiger partial charge on any atom is -0.492 e. The number of rotatable bonds is 3. The van der Waals surface area contributed by atoms with Crippen LogP contribution in [0.1, 0.15) is 24.1 Å². The molecule has 0 radical (unpaired) electrons. The van der Waals surface area contributed by atoms with Crippen LogP contribution in [0.4, 0.5) is 18.0 Å². The molecular weight excluding hydrogens is 301 g/mol. The lowest BCUT2D eigenvalue weighted by Gasteiger charge is -2.29. The average molecular weight is 318 g/mol. The number of alkyl halides is 3. The zero-order valence-corrected chi connectivity index (χ0v) is 12.1. The second-order valence-corrected chi connectivity index (χ2v) is 5.36. The Bertz CT molecular complexity index is 541. The van der Waals surface area contributed by atoms with E-state index < -0.39 is 18.0 Å². The van der Waals surface area contributed by atoms with Gasteiger partial charge in [0.15, 0.2) is 0 Å². The largest absolute Gasteiger partial charge is 0.492 e. The van der Waals surface area contributed by atoms with Crippen molar-refractivity contribution in [2.75, 3.05) is 19.7 Å². The van der Waals surface area contributed by atoms with E-state index in [0.717, 1.165) is 6.20 Å². The molecule has 1 aromatic heterocycles. The van der Waals surface area contributed by atoms with Crippen molar-refractivity contribution < 1.29 is 27.8 Å². The van der Waals surface area contributed by atoms with Crippen LogP contribution in [0.25, 0.3) is 0 Å². The van der Waals surface area contributed by atoms with Crippen LogP contribution in [0.5, 0.6) is 5.75 Å². The molecule has 22 heavy (non-hydrogen) atoms. The number of pyridine rings is 1. The molecule has 122 valence electrons. The first-order valence-electron chi connectivity index (χ1n) is 6.92. The van der Waals surface area contributed by atoms with E-state index in [-0.39, 0.29) is 11.5 Å². The molecule has 0 unspecified atom stereocenters. The topological polar surface area (TPSA) is 62.7 Å². The SMILES string of the molecule is Cc1cc(OCC2CCN(C(=O)O)CC2)cnc1C(F)(F)F. The van der Waals surface area contributed by atoms with E-state index in [4.69, 9.17) is 9.84 Å². The molecule has 0 aromatic carbocycles. The number of carboxylic acid groups (broad SMARTS) is 1. The minimum atomic E-state index is -4.47. The first kappa shape index (κ1) is 16.4. The van der Waals surface area contributed by atoms with Gasteiger partial charge in [-0.15, -0.1) is 0 Å². The molecule has 0 saturated carbocycles. The van der Waals surface area contributed by atoms with E-state index >= 15 is 0 Å². The fraction of sp³-hybridized carbons (Fsp3) is 0.571. The Balaban J connectivity index is 1.88. The summed E-state index contributed by atoms with van der Waals surface area (Å²) in [5, 5.41) is 8.85. The van der Waals surface area contributed by atoms with Gasteiger partial charge in [-0.3, -0.25) is 0 Å². The van der Waals surface area contributed by atoms with Gasteiger partial charge >= 0.3 is 12.3 Å². The third kappa shape index (κ3) is 4.02. The van der Waals surface area contributed by atoms with Gasteiger partial charge in [0.1, 0.15) is 11.4 Å². The lowest BCUT2D eigenvalue weighted by atomic mass is 9.98. The third-order valence-electron chi connectivity index (χ3n) is 3.69. The van der Waals surface area contributed by atoms with E-state index in [2.05, 4.69) is 4.98 Å². The minimum absolute atomic E-state index is 0.0192. The van der Waals surface area contributed by atoms with E-state index in [1.165, 1.54) is 17.9 Å². The third-order valence-corrected chi connectivity index (χ3v) is 3.69. The van der Waals surface area contributed by atoms with Crippen molar-refractivity contribution in [3.63, 3.8) is 0 Å². The van der Waals surface area contributed by atoms with E-state index in [0.29, 0.717) is 38.3 Å². The maximum absolute atomic E-state index is 12.6. The summed E-state index contributed by atoms with van der Waals surface area (Å²) < 4.78 is 43.3. The molecular formula is C14H17F3N2O3. The Labute approximate surface area is 125 Å². The molecule has 2 rings (SSSR count). The summed E-state index contributed by atoms with van der Waals surface area (Å²) in [4.78, 5) is 15.5. The predicted molar refractivity (Wildman–Crippen MR) is 71.8 cm³/mol. The number of amides is 1. The number of aryl methyl sites for hydroxylation is 1. The monoisotopic (exact) mass is 318 g/mol. The van der Waals surface area contributed by atoms with Crippen molar-refractivity contribution in [1.82, 2.24) is 9.88 Å². The summed E-state index contributed by atoms with van der Waals surface area (Å²) in [5.74, 6) is 0.490. The van der Waals surface area contributed by atoms with Gasteiger partial charge in [-0.05, 0) is 37.3 Å². The highest BCUT2D eigenvalue weighted by Gasteiger charge is 2.34. The maximum atomic E-state index is 12.6. The normalized spacial score (nSPS) is 16.6. The summed E-state index contributed by atoms with van der Waals surface area (Å²) >= 11 is 0. The molecule has 2 heterocycles. The van der Waals surface area contributed by atoms with E-state index in [1.807, 2.05) is 0 Å². The molecule has 0 aliphatic carbocycles. The smallest absolute Gasteiger partial charge is 0.433 e. The second-order valence-electron chi connectivity index (χ2n) is 5.36. The number of ether oxygens (including phenoxy) is 1. The van der Waals surface area contributed by atoms with Gasteiger partial charge in [0.05, 0.1) is 12.8 Å². The molecule has 1 fully saturated rings. The van der Waals surface area contributed by atoms with E-state index in [1.54, 1.807) is 0 Å². The van der Waals surface area contributed by atoms with Crippen LogP contribution in [0.15, 0.2) is 12.3 Å². The summed E-state index contributed by atoms with van der Waals surface area (Å²) in [6, 6.07) is 1.32. The van der Waals surface area contributed by atoms with Gasteiger partial charge in [0, 0.05) is 13.1 Å². The highest BCUT2D eigenvalue weighted by atomic mass is 19.4. The summed E-state index contributed by atoms with van der Waals surface area (Å²) in [6.45, 7) is 2.59. The molecule has 0 spiro atoms. The number of hydrogen-bond acceptors (Lipinski definition) is 3. The van der Waals surface area contributed by atoms with Crippen LogP contribution in [-0.4, -0.2) is 40.8 Å². The predicted octanol–water partition coefficient (Wildman–Crippen LogP) is 3.18. The molecule has 0 bridgehead atoms. The number of piperidine rings is 1. The molecule has 1 aliphatic heterocycles. The van der Waals surface area contributed by atoms with Gasteiger partial charge in [0.2, 0.25) is 0 Å².